The number of halogens is 3. The molecule has 0 spiro atoms. The van der Waals surface area contributed by atoms with Gasteiger partial charge in [-0.05, 0) is 31.5 Å². The van der Waals surface area contributed by atoms with E-state index in [9.17, 15) is 23.1 Å². The van der Waals surface area contributed by atoms with Gasteiger partial charge in [0.1, 0.15) is 11.5 Å². The van der Waals surface area contributed by atoms with E-state index in [1.165, 1.54) is 24.3 Å². The number of furan rings is 1. The lowest BCUT2D eigenvalue weighted by molar-refractivity contribution is -0.139. The number of carbonyl (C=O) groups excluding carboxylic acids is 1. The molecule has 0 saturated heterocycles. The van der Waals surface area contributed by atoms with Crippen molar-refractivity contribution in [1.29, 1.82) is 0 Å². The minimum atomic E-state index is -4.57. The van der Waals surface area contributed by atoms with Crippen LogP contribution in [-0.4, -0.2) is 17.6 Å². The number of nitrogens with one attached hydrogen (secondary N) is 1. The molecule has 0 aliphatic heterocycles. The number of benzene rings is 1. The van der Waals surface area contributed by atoms with Crippen LogP contribution in [0, 0.1) is 13.8 Å². The molecule has 0 saturated carbocycles. The summed E-state index contributed by atoms with van der Waals surface area (Å²) in [6.07, 6.45) is -6.04. The highest BCUT2D eigenvalue weighted by atomic mass is 19.4. The van der Waals surface area contributed by atoms with Crippen LogP contribution in [0.15, 0.2) is 34.7 Å². The highest BCUT2D eigenvalue weighted by molar-refractivity contribution is 5.95. The first-order chi connectivity index (χ1) is 10.7. The monoisotopic (exact) mass is 327 g/mol. The molecular weight excluding hydrogens is 311 g/mol. The molecule has 0 aliphatic rings. The minimum Gasteiger partial charge on any atom is -0.466 e. The lowest BCUT2D eigenvalue weighted by atomic mass is 10.0. The summed E-state index contributed by atoms with van der Waals surface area (Å²) in [5.74, 6) is 0.448. The fourth-order valence-electron chi connectivity index (χ4n) is 2.30. The molecule has 0 radical (unpaired) electrons. The summed E-state index contributed by atoms with van der Waals surface area (Å²) >= 11 is 0. The Morgan fingerprint density at radius 3 is 2.52 bits per heavy atom. The molecule has 0 fully saturated rings. The molecule has 4 nitrogen and oxygen atoms in total. The number of alkyl halides is 3. The van der Waals surface area contributed by atoms with Crippen LogP contribution in [0.5, 0.6) is 0 Å². The second kappa shape index (κ2) is 6.45. The number of aliphatic hydroxyl groups is 1. The van der Waals surface area contributed by atoms with Gasteiger partial charge in [0.2, 0.25) is 0 Å². The van der Waals surface area contributed by atoms with Crippen molar-refractivity contribution in [1.82, 2.24) is 5.32 Å². The molecule has 1 aromatic carbocycles. The Labute approximate surface area is 130 Å². The first-order valence-corrected chi connectivity index (χ1v) is 6.89. The fourth-order valence-corrected chi connectivity index (χ4v) is 2.30. The van der Waals surface area contributed by atoms with E-state index in [-0.39, 0.29) is 12.1 Å². The Morgan fingerprint density at radius 2 is 1.96 bits per heavy atom. The van der Waals surface area contributed by atoms with Crippen molar-refractivity contribution < 1.29 is 27.5 Å². The molecule has 1 amide bonds. The zero-order chi connectivity index (χ0) is 17.2. The van der Waals surface area contributed by atoms with Crippen LogP contribution in [-0.2, 0) is 6.18 Å². The molecule has 0 bridgehead atoms. The third-order valence-corrected chi connectivity index (χ3v) is 3.37. The summed E-state index contributed by atoms with van der Waals surface area (Å²) in [6.45, 7) is 2.95. The third-order valence-electron chi connectivity index (χ3n) is 3.37. The lowest BCUT2D eigenvalue weighted by Gasteiger charge is -2.17. The number of rotatable bonds is 4. The number of aliphatic hydroxyl groups excluding tert-OH is 1. The molecule has 1 heterocycles. The van der Waals surface area contributed by atoms with Crippen molar-refractivity contribution in [3.05, 3.63) is 58.5 Å². The molecule has 2 N–H and O–H groups in total. The van der Waals surface area contributed by atoms with Crippen molar-refractivity contribution in [2.24, 2.45) is 0 Å². The van der Waals surface area contributed by atoms with Gasteiger partial charge in [-0.3, -0.25) is 4.79 Å². The SMILES string of the molecule is Cc1cc(C(=O)NCC(O)c2ccccc2C(F)(F)F)c(C)o1. The van der Waals surface area contributed by atoms with E-state index in [0.29, 0.717) is 17.1 Å². The summed E-state index contributed by atoms with van der Waals surface area (Å²) < 4.78 is 44.0. The Hall–Kier alpha value is -2.28. The quantitative estimate of drug-likeness (QED) is 0.905. The van der Waals surface area contributed by atoms with Crippen molar-refractivity contribution in [3.63, 3.8) is 0 Å². The van der Waals surface area contributed by atoms with Gasteiger partial charge in [-0.2, -0.15) is 13.2 Å². The van der Waals surface area contributed by atoms with Gasteiger partial charge >= 0.3 is 6.18 Å². The molecule has 23 heavy (non-hydrogen) atoms. The van der Waals surface area contributed by atoms with E-state index >= 15 is 0 Å². The number of amides is 1. The van der Waals surface area contributed by atoms with Crippen molar-refractivity contribution in [2.75, 3.05) is 6.54 Å². The predicted molar refractivity (Wildman–Crippen MR) is 76.9 cm³/mol. The van der Waals surface area contributed by atoms with Gasteiger partial charge in [-0.25, -0.2) is 0 Å². The molecule has 2 rings (SSSR count). The molecule has 1 atom stereocenters. The molecule has 1 unspecified atom stereocenters. The van der Waals surface area contributed by atoms with Crippen LogP contribution in [0.25, 0.3) is 0 Å². The van der Waals surface area contributed by atoms with Gasteiger partial charge in [0.05, 0.1) is 17.2 Å². The van der Waals surface area contributed by atoms with Gasteiger partial charge in [0.15, 0.2) is 0 Å². The van der Waals surface area contributed by atoms with Crippen molar-refractivity contribution >= 4 is 5.91 Å². The Balaban J connectivity index is 2.10. The molecular formula is C16H16F3NO3. The number of aryl methyl sites for hydroxylation is 2. The van der Waals surface area contributed by atoms with Crippen LogP contribution in [0.2, 0.25) is 0 Å². The maximum Gasteiger partial charge on any atom is 0.416 e. The topological polar surface area (TPSA) is 62.5 Å². The fraction of sp³-hybridized carbons (Fsp3) is 0.312. The van der Waals surface area contributed by atoms with E-state index < -0.39 is 23.8 Å². The van der Waals surface area contributed by atoms with Crippen LogP contribution in [0.3, 0.4) is 0 Å². The van der Waals surface area contributed by atoms with Crippen LogP contribution < -0.4 is 5.32 Å². The maximum atomic E-state index is 12.9. The van der Waals surface area contributed by atoms with Gasteiger partial charge in [0, 0.05) is 6.54 Å². The second-order valence-corrected chi connectivity index (χ2v) is 5.14. The van der Waals surface area contributed by atoms with Crippen molar-refractivity contribution in [2.45, 2.75) is 26.1 Å². The largest absolute Gasteiger partial charge is 0.466 e. The number of hydrogen-bond acceptors (Lipinski definition) is 3. The highest BCUT2D eigenvalue weighted by Crippen LogP contribution is 2.34. The average molecular weight is 327 g/mol. The summed E-state index contributed by atoms with van der Waals surface area (Å²) in [6, 6.07) is 6.26. The van der Waals surface area contributed by atoms with Crippen LogP contribution in [0.4, 0.5) is 13.2 Å². The Bertz CT molecular complexity index is 707. The number of hydrogen-bond donors (Lipinski definition) is 2. The zero-order valence-electron chi connectivity index (χ0n) is 12.6. The predicted octanol–water partition coefficient (Wildman–Crippen LogP) is 3.38. The van der Waals surface area contributed by atoms with Crippen molar-refractivity contribution in [3.8, 4) is 0 Å². The van der Waals surface area contributed by atoms with E-state index in [0.717, 1.165) is 6.07 Å². The molecule has 2 aromatic rings. The Kier molecular flexibility index (Phi) is 4.79. The highest BCUT2D eigenvalue weighted by Gasteiger charge is 2.34. The van der Waals surface area contributed by atoms with Gasteiger partial charge < -0.3 is 14.8 Å². The molecule has 0 aliphatic carbocycles. The normalized spacial score (nSPS) is 13.0. The lowest BCUT2D eigenvalue weighted by Crippen LogP contribution is -2.29. The zero-order valence-corrected chi connectivity index (χ0v) is 12.6. The first-order valence-electron chi connectivity index (χ1n) is 6.89. The van der Waals surface area contributed by atoms with E-state index in [1.54, 1.807) is 13.8 Å². The van der Waals surface area contributed by atoms with Crippen LogP contribution >= 0.6 is 0 Å². The standard InChI is InChI=1S/C16H16F3NO3/c1-9-7-12(10(2)23-9)15(22)20-8-14(21)11-5-3-4-6-13(11)16(17,18)19/h3-7,14,21H,8H2,1-2H3,(H,20,22). The maximum absolute atomic E-state index is 12.9. The molecule has 1 aromatic heterocycles. The molecule has 124 valence electrons. The smallest absolute Gasteiger partial charge is 0.416 e. The van der Waals surface area contributed by atoms with E-state index in [2.05, 4.69) is 5.32 Å². The minimum absolute atomic E-state index is 0.277. The average Bonchev–Trinajstić information content (AvgIpc) is 2.82. The van der Waals surface area contributed by atoms with Gasteiger partial charge in [-0.15, -0.1) is 0 Å². The third kappa shape index (κ3) is 3.92. The van der Waals surface area contributed by atoms with Gasteiger partial charge in [-0.1, -0.05) is 18.2 Å². The summed E-state index contributed by atoms with van der Waals surface area (Å²) in [7, 11) is 0. The van der Waals surface area contributed by atoms with Gasteiger partial charge in [0.25, 0.3) is 5.91 Å². The summed E-state index contributed by atoms with van der Waals surface area (Å²) in [4.78, 5) is 12.0. The molecule has 7 heteroatoms. The van der Waals surface area contributed by atoms with E-state index in [4.69, 9.17) is 4.42 Å². The number of carbonyl (C=O) groups is 1. The Morgan fingerprint density at radius 1 is 1.30 bits per heavy atom. The van der Waals surface area contributed by atoms with Crippen LogP contribution in [0.1, 0.15) is 39.1 Å². The summed E-state index contributed by atoms with van der Waals surface area (Å²) in [5.41, 5.74) is -0.906. The summed E-state index contributed by atoms with van der Waals surface area (Å²) in [5, 5.41) is 12.4. The first kappa shape index (κ1) is 17.1. The second-order valence-electron chi connectivity index (χ2n) is 5.14. The van der Waals surface area contributed by atoms with E-state index in [1.807, 2.05) is 0 Å².